The van der Waals surface area contributed by atoms with Crippen LogP contribution < -0.4 is 0 Å². The summed E-state index contributed by atoms with van der Waals surface area (Å²) < 4.78 is 0. The Morgan fingerprint density at radius 1 is 1.40 bits per heavy atom. The van der Waals surface area contributed by atoms with E-state index in [1.807, 2.05) is 0 Å². The molecule has 5 heavy (non-hydrogen) atoms. The molecule has 0 amide bonds. The van der Waals surface area contributed by atoms with Gasteiger partial charge in [0.25, 0.3) is 0 Å². The molecule has 0 saturated heterocycles. The molecule has 0 saturated carbocycles. The van der Waals surface area contributed by atoms with Crippen LogP contribution in [-0.4, -0.2) is 22.7 Å². The summed E-state index contributed by atoms with van der Waals surface area (Å²) in [6.07, 6.45) is 0. The van der Waals surface area contributed by atoms with Gasteiger partial charge in [0.1, 0.15) is 0 Å². The summed E-state index contributed by atoms with van der Waals surface area (Å²) in [4.78, 5) is 8.25. The van der Waals surface area contributed by atoms with E-state index in [0.29, 0.717) is 0 Å². The maximum absolute atomic E-state index is 8.25. The van der Waals surface area contributed by atoms with Crippen molar-refractivity contribution < 1.29 is 5.09 Å². The topological polar surface area (TPSA) is 66.2 Å². The van der Waals surface area contributed by atoms with Crippen LogP contribution in [0.15, 0.2) is 0 Å². The van der Waals surface area contributed by atoms with Crippen LogP contribution in [0, 0.1) is 15.3 Å². The van der Waals surface area contributed by atoms with E-state index in [1.54, 1.807) is 0 Å². The van der Waals surface area contributed by atoms with Crippen LogP contribution in [0.1, 0.15) is 0 Å². The Labute approximate surface area is 38.9 Å². The molecule has 0 aliphatic carbocycles. The van der Waals surface area contributed by atoms with Crippen molar-refractivity contribution in [1.82, 2.24) is 0 Å². The first kappa shape index (κ1) is 8.83. The fourth-order valence-corrected chi connectivity index (χ4v) is 0. The van der Waals surface area contributed by atoms with Crippen LogP contribution in [-0.2, 0) is 0 Å². The quantitative estimate of drug-likeness (QED) is 0.234. The Hall–Kier alpha value is -0.257. The first-order valence-corrected chi connectivity index (χ1v) is 0.548. The van der Waals surface area contributed by atoms with E-state index in [4.69, 9.17) is 15.3 Å². The molecule has 0 aliphatic heterocycles. The molecular weight excluding hydrogens is 135 g/mol. The van der Waals surface area contributed by atoms with Crippen LogP contribution in [0.5, 0.6) is 0 Å². The molecular formula is H3GeNO3. The fraction of sp³-hybridized carbons (Fsp3) is 0. The molecule has 0 aromatic heterocycles. The Morgan fingerprint density at radius 2 is 1.40 bits per heavy atom. The van der Waals surface area contributed by atoms with Gasteiger partial charge in [-0.2, -0.15) is 0 Å². The van der Waals surface area contributed by atoms with Crippen molar-refractivity contribution in [3.05, 3.63) is 15.3 Å². The van der Waals surface area contributed by atoms with E-state index >= 15 is 0 Å². The number of rotatable bonds is 0. The summed E-state index contributed by atoms with van der Waals surface area (Å²) in [5.74, 6) is 0. The second kappa shape index (κ2) is 3.74. The van der Waals surface area contributed by atoms with Crippen molar-refractivity contribution in [2.45, 2.75) is 0 Å². The fourth-order valence-electron chi connectivity index (χ4n) is 0. The van der Waals surface area contributed by atoms with Crippen molar-refractivity contribution in [3.8, 4) is 0 Å². The normalized spacial score (nSPS) is 4.80. The summed E-state index contributed by atoms with van der Waals surface area (Å²) in [7, 11) is 0. The third-order valence-electron chi connectivity index (χ3n) is 0. The molecule has 0 N–H and O–H groups in total. The number of nitrogens with zero attached hydrogens (tertiary/aromatic N) is 1. The van der Waals surface area contributed by atoms with Crippen LogP contribution >= 0.6 is 0 Å². The van der Waals surface area contributed by atoms with Crippen molar-refractivity contribution in [3.63, 3.8) is 0 Å². The van der Waals surface area contributed by atoms with Crippen molar-refractivity contribution in [2.75, 3.05) is 0 Å². The average molecular weight is 138 g/mol. The van der Waals surface area contributed by atoms with E-state index in [2.05, 4.69) is 0 Å². The minimum absolute atomic E-state index is 0. The zero-order valence-corrected chi connectivity index (χ0v) is 6.87. The molecule has 0 aromatic rings. The zero-order chi connectivity index (χ0) is 3.58. The summed E-state index contributed by atoms with van der Waals surface area (Å²) in [6, 6.07) is 0. The van der Waals surface area contributed by atoms with Crippen LogP contribution in [0.3, 0.4) is 0 Å². The Kier molecular flexibility index (Phi) is 6.61. The van der Waals surface area contributed by atoms with E-state index < -0.39 is 5.09 Å². The monoisotopic (exact) mass is 139 g/mol. The molecule has 0 heterocycles. The molecule has 0 rings (SSSR count). The molecule has 30 valence electrons. The van der Waals surface area contributed by atoms with Crippen molar-refractivity contribution in [1.29, 1.82) is 0 Å². The first-order valence-electron chi connectivity index (χ1n) is 0.548. The molecule has 0 aliphatic rings. The van der Waals surface area contributed by atoms with Gasteiger partial charge >= 0.3 is 17.6 Å². The molecule has 4 nitrogen and oxygen atoms in total. The second-order valence-corrected chi connectivity index (χ2v) is 0.224. The van der Waals surface area contributed by atoms with Crippen molar-refractivity contribution >= 4 is 17.6 Å². The molecule has 0 aromatic carbocycles. The first-order chi connectivity index (χ1) is 1.73. The molecule has 0 atom stereocenters. The van der Waals surface area contributed by atoms with Crippen LogP contribution in [0.25, 0.3) is 0 Å². The predicted molar refractivity (Wildman–Crippen MR) is 20.3 cm³/mol. The van der Waals surface area contributed by atoms with Crippen molar-refractivity contribution in [2.24, 2.45) is 0 Å². The number of hydrogen-bond acceptors (Lipinski definition) is 3. The molecule has 5 heteroatoms. The van der Waals surface area contributed by atoms with Gasteiger partial charge in [-0.1, -0.05) is 0 Å². The van der Waals surface area contributed by atoms with Gasteiger partial charge in [0, 0.05) is 0 Å². The molecule has 0 bridgehead atoms. The average Bonchev–Trinajstić information content (AvgIpc) is 0.811. The van der Waals surface area contributed by atoms with Gasteiger partial charge in [-0.3, -0.25) is 0 Å². The second-order valence-electron chi connectivity index (χ2n) is 0.224. The summed E-state index contributed by atoms with van der Waals surface area (Å²) in [5, 5.41) is 14.8. The Balaban J connectivity index is 0. The van der Waals surface area contributed by atoms with E-state index in [1.165, 1.54) is 0 Å². The standard InChI is InChI=1S/GeH3.NO3/c;2-1(3)4/h1H3;/q+1;-1. The van der Waals surface area contributed by atoms with Gasteiger partial charge in [0.2, 0.25) is 0 Å². The van der Waals surface area contributed by atoms with E-state index in [9.17, 15) is 0 Å². The predicted octanol–water partition coefficient (Wildman–Crippen LogP) is -1.42. The van der Waals surface area contributed by atoms with Gasteiger partial charge in [0.05, 0.1) is 5.09 Å². The van der Waals surface area contributed by atoms with Gasteiger partial charge in [-0.25, -0.2) is 0 Å². The SMILES string of the molecule is O=[N+]([O-])[O-].[GeH3+]. The third-order valence-corrected chi connectivity index (χ3v) is 0. The Morgan fingerprint density at radius 3 is 1.40 bits per heavy atom. The third kappa shape index (κ3) is 172. The van der Waals surface area contributed by atoms with E-state index in [0.717, 1.165) is 0 Å². The minimum atomic E-state index is -1.75. The maximum atomic E-state index is 8.25. The zero-order valence-electron chi connectivity index (χ0n) is 2.67. The van der Waals surface area contributed by atoms with Crippen LogP contribution in [0.2, 0.25) is 0 Å². The number of hydrogen-bond donors (Lipinski definition) is 0. The van der Waals surface area contributed by atoms with E-state index in [-0.39, 0.29) is 17.6 Å². The molecule has 0 unspecified atom stereocenters. The van der Waals surface area contributed by atoms with Gasteiger partial charge in [-0.05, 0) is 0 Å². The van der Waals surface area contributed by atoms with Crippen LogP contribution in [0.4, 0.5) is 0 Å². The summed E-state index contributed by atoms with van der Waals surface area (Å²) in [5.41, 5.74) is 0. The van der Waals surface area contributed by atoms with Gasteiger partial charge < -0.3 is 15.3 Å². The van der Waals surface area contributed by atoms with Gasteiger partial charge in [0.15, 0.2) is 0 Å². The molecule has 0 fully saturated rings. The molecule has 0 spiro atoms. The Bertz CT molecular complexity index is 29.9. The summed E-state index contributed by atoms with van der Waals surface area (Å²) >= 11 is 0. The van der Waals surface area contributed by atoms with Gasteiger partial charge in [-0.15, -0.1) is 0 Å². The summed E-state index contributed by atoms with van der Waals surface area (Å²) in [6.45, 7) is 0. The molecule has 0 radical (unpaired) electrons.